The molecule has 0 amide bonds. The average Bonchev–Trinajstić information content (AvgIpc) is 2.82. The summed E-state index contributed by atoms with van der Waals surface area (Å²) in [6.45, 7) is 2.19. The largest absolute Gasteiger partial charge is 0.305 e. The zero-order valence-corrected chi connectivity index (χ0v) is 10.6. The summed E-state index contributed by atoms with van der Waals surface area (Å²) in [6, 6.07) is 6.63. The van der Waals surface area contributed by atoms with Crippen molar-refractivity contribution in [3.63, 3.8) is 0 Å². The Morgan fingerprint density at radius 3 is 2.94 bits per heavy atom. The van der Waals surface area contributed by atoms with Gasteiger partial charge in [-0.25, -0.2) is 0 Å². The summed E-state index contributed by atoms with van der Waals surface area (Å²) in [5.74, 6) is 0. The van der Waals surface area contributed by atoms with Gasteiger partial charge in [-0.3, -0.25) is 0 Å². The summed E-state index contributed by atoms with van der Waals surface area (Å²) in [4.78, 5) is 3.83. The first-order valence-electron chi connectivity index (χ1n) is 5.82. The monoisotopic (exact) mass is 234 g/mol. The van der Waals surface area contributed by atoms with E-state index in [1.807, 2.05) is 11.3 Å². The first kappa shape index (κ1) is 11.6. The van der Waals surface area contributed by atoms with Crippen molar-refractivity contribution in [1.82, 2.24) is 4.90 Å². The first-order chi connectivity index (χ1) is 7.74. The van der Waals surface area contributed by atoms with Crippen molar-refractivity contribution in [3.05, 3.63) is 22.4 Å². The minimum atomic E-state index is 0.346. The molecule has 2 rings (SSSR count). The van der Waals surface area contributed by atoms with E-state index in [0.717, 1.165) is 25.9 Å². The van der Waals surface area contributed by atoms with E-state index in [2.05, 4.69) is 35.5 Å². The van der Waals surface area contributed by atoms with Crippen molar-refractivity contribution in [2.75, 3.05) is 20.1 Å². The van der Waals surface area contributed by atoms with E-state index in [4.69, 9.17) is 5.26 Å². The van der Waals surface area contributed by atoms with Crippen LogP contribution in [0, 0.1) is 16.7 Å². The second-order valence-corrected chi connectivity index (χ2v) is 5.93. The SMILES string of the molecule is CN(CCc1cccs1)CC1(CC#N)CC1. The standard InChI is InChI=1S/C13H18N2S/c1-15(9-4-12-3-2-10-16-12)11-13(5-6-13)7-8-14/h2-3,10H,4-7,9,11H2,1H3. The molecule has 3 heteroatoms. The Kier molecular flexibility index (Phi) is 3.63. The summed E-state index contributed by atoms with van der Waals surface area (Å²) in [5.41, 5.74) is 0.346. The van der Waals surface area contributed by atoms with Gasteiger partial charge >= 0.3 is 0 Å². The van der Waals surface area contributed by atoms with Crippen molar-refractivity contribution in [3.8, 4) is 6.07 Å². The van der Waals surface area contributed by atoms with Gasteiger partial charge < -0.3 is 4.90 Å². The lowest BCUT2D eigenvalue weighted by Crippen LogP contribution is -2.28. The van der Waals surface area contributed by atoms with Gasteiger partial charge in [-0.2, -0.15) is 5.26 Å². The molecule has 0 atom stereocenters. The van der Waals surface area contributed by atoms with Gasteiger partial charge in [0.15, 0.2) is 0 Å². The summed E-state index contributed by atoms with van der Waals surface area (Å²) in [7, 11) is 2.17. The van der Waals surface area contributed by atoms with Crippen LogP contribution in [-0.4, -0.2) is 25.0 Å². The lowest BCUT2D eigenvalue weighted by molar-refractivity contribution is 0.268. The van der Waals surface area contributed by atoms with Crippen molar-refractivity contribution < 1.29 is 0 Å². The van der Waals surface area contributed by atoms with Crippen LogP contribution < -0.4 is 0 Å². The first-order valence-corrected chi connectivity index (χ1v) is 6.70. The fourth-order valence-corrected chi connectivity index (χ4v) is 2.84. The van der Waals surface area contributed by atoms with Crippen LogP contribution in [0.25, 0.3) is 0 Å². The van der Waals surface area contributed by atoms with Crippen molar-refractivity contribution in [1.29, 1.82) is 5.26 Å². The minimum absolute atomic E-state index is 0.346. The van der Waals surface area contributed by atoms with Gasteiger partial charge in [0.2, 0.25) is 0 Å². The van der Waals surface area contributed by atoms with Crippen LogP contribution in [0.2, 0.25) is 0 Å². The van der Waals surface area contributed by atoms with Crippen LogP contribution in [0.4, 0.5) is 0 Å². The number of nitriles is 1. The van der Waals surface area contributed by atoms with Crippen LogP contribution in [0.1, 0.15) is 24.1 Å². The smallest absolute Gasteiger partial charge is 0.0628 e. The number of hydrogen-bond acceptors (Lipinski definition) is 3. The lowest BCUT2D eigenvalue weighted by atomic mass is 10.0. The maximum absolute atomic E-state index is 8.77. The molecule has 1 aliphatic rings. The predicted octanol–water partition coefficient (Wildman–Crippen LogP) is 2.92. The second kappa shape index (κ2) is 4.99. The molecule has 0 saturated heterocycles. The van der Waals surface area contributed by atoms with E-state index in [9.17, 15) is 0 Å². The van der Waals surface area contributed by atoms with Crippen LogP contribution in [0.3, 0.4) is 0 Å². The average molecular weight is 234 g/mol. The Morgan fingerprint density at radius 1 is 1.56 bits per heavy atom. The summed E-state index contributed by atoms with van der Waals surface area (Å²) in [6.07, 6.45) is 4.35. The second-order valence-electron chi connectivity index (χ2n) is 4.90. The van der Waals surface area contributed by atoms with E-state index in [1.165, 1.54) is 17.7 Å². The molecule has 1 aliphatic carbocycles. The molecule has 0 unspecified atom stereocenters. The van der Waals surface area contributed by atoms with Crippen LogP contribution in [-0.2, 0) is 6.42 Å². The number of likely N-dealkylation sites (N-methyl/N-ethyl adjacent to an activating group) is 1. The quantitative estimate of drug-likeness (QED) is 0.756. The normalized spacial score (nSPS) is 17.3. The zero-order valence-electron chi connectivity index (χ0n) is 9.78. The molecule has 1 heterocycles. The maximum atomic E-state index is 8.77. The van der Waals surface area contributed by atoms with Crippen molar-refractivity contribution >= 4 is 11.3 Å². The molecule has 1 saturated carbocycles. The number of hydrogen-bond donors (Lipinski definition) is 0. The molecule has 0 N–H and O–H groups in total. The molecular weight excluding hydrogens is 216 g/mol. The van der Waals surface area contributed by atoms with E-state index in [-0.39, 0.29) is 0 Å². The van der Waals surface area contributed by atoms with Gasteiger partial charge in [0.05, 0.1) is 6.07 Å². The molecule has 1 aromatic rings. The molecule has 1 fully saturated rings. The van der Waals surface area contributed by atoms with Crippen LogP contribution in [0.5, 0.6) is 0 Å². The molecule has 0 spiro atoms. The molecule has 16 heavy (non-hydrogen) atoms. The van der Waals surface area contributed by atoms with Crippen LogP contribution >= 0.6 is 11.3 Å². The van der Waals surface area contributed by atoms with Gasteiger partial charge in [0, 0.05) is 24.4 Å². The lowest BCUT2D eigenvalue weighted by Gasteiger charge is -2.21. The van der Waals surface area contributed by atoms with E-state index < -0.39 is 0 Å². The van der Waals surface area contributed by atoms with Gasteiger partial charge in [-0.15, -0.1) is 11.3 Å². The molecular formula is C13H18N2S. The molecule has 2 nitrogen and oxygen atoms in total. The van der Waals surface area contributed by atoms with Crippen LogP contribution in [0.15, 0.2) is 17.5 Å². The number of thiophene rings is 1. The third kappa shape index (κ3) is 3.07. The molecule has 0 bridgehead atoms. The topological polar surface area (TPSA) is 27.0 Å². The highest BCUT2D eigenvalue weighted by atomic mass is 32.1. The van der Waals surface area contributed by atoms with Gasteiger partial charge in [0.25, 0.3) is 0 Å². The minimum Gasteiger partial charge on any atom is -0.305 e. The van der Waals surface area contributed by atoms with E-state index >= 15 is 0 Å². The fraction of sp³-hybridized carbons (Fsp3) is 0.615. The number of nitrogens with zero attached hydrogens (tertiary/aromatic N) is 2. The Bertz CT molecular complexity index is 360. The zero-order chi connectivity index (χ0) is 11.4. The van der Waals surface area contributed by atoms with E-state index in [0.29, 0.717) is 5.41 Å². The Labute approximate surface area is 102 Å². The molecule has 1 aromatic heterocycles. The highest BCUT2D eigenvalue weighted by molar-refractivity contribution is 7.09. The third-order valence-electron chi connectivity index (χ3n) is 3.34. The van der Waals surface area contributed by atoms with Gasteiger partial charge in [0.1, 0.15) is 0 Å². The fourth-order valence-electron chi connectivity index (χ4n) is 2.14. The summed E-state index contributed by atoms with van der Waals surface area (Å²) in [5, 5.41) is 10.9. The van der Waals surface area contributed by atoms with Crippen molar-refractivity contribution in [2.45, 2.75) is 25.7 Å². The van der Waals surface area contributed by atoms with E-state index in [1.54, 1.807) is 0 Å². The summed E-state index contributed by atoms with van der Waals surface area (Å²) < 4.78 is 0. The highest BCUT2D eigenvalue weighted by Crippen LogP contribution is 2.48. The Balaban J connectivity index is 1.73. The van der Waals surface area contributed by atoms with Gasteiger partial charge in [-0.05, 0) is 43.2 Å². The van der Waals surface area contributed by atoms with Gasteiger partial charge in [-0.1, -0.05) is 6.07 Å². The maximum Gasteiger partial charge on any atom is 0.0628 e. The Morgan fingerprint density at radius 2 is 2.38 bits per heavy atom. The molecule has 0 aliphatic heterocycles. The highest BCUT2D eigenvalue weighted by Gasteiger charge is 2.42. The Hall–Kier alpha value is -0.850. The third-order valence-corrected chi connectivity index (χ3v) is 4.27. The van der Waals surface area contributed by atoms with Crippen molar-refractivity contribution in [2.24, 2.45) is 5.41 Å². The predicted molar refractivity (Wildman–Crippen MR) is 67.4 cm³/mol. The summed E-state index contributed by atoms with van der Waals surface area (Å²) >= 11 is 1.83. The molecule has 0 aromatic carbocycles. The molecule has 86 valence electrons. The molecule has 0 radical (unpaired) electrons. The number of rotatable bonds is 6.